The van der Waals surface area contributed by atoms with Crippen molar-refractivity contribution in [2.45, 2.75) is 58.4 Å². The Hall–Kier alpha value is -0.0800. The third-order valence-electron chi connectivity index (χ3n) is 3.47. The van der Waals surface area contributed by atoms with E-state index in [0.29, 0.717) is 6.04 Å². The molecule has 90 valence electrons. The molecule has 2 heteroatoms. The van der Waals surface area contributed by atoms with E-state index < -0.39 is 0 Å². The van der Waals surface area contributed by atoms with E-state index in [-0.39, 0.29) is 0 Å². The van der Waals surface area contributed by atoms with Crippen LogP contribution in [-0.4, -0.2) is 30.6 Å². The van der Waals surface area contributed by atoms with E-state index in [1.165, 1.54) is 51.6 Å². The predicted octanol–water partition coefficient (Wildman–Crippen LogP) is 2.63. The van der Waals surface area contributed by atoms with Crippen molar-refractivity contribution in [3.63, 3.8) is 0 Å². The van der Waals surface area contributed by atoms with E-state index in [4.69, 9.17) is 5.73 Å². The van der Waals surface area contributed by atoms with Crippen molar-refractivity contribution < 1.29 is 0 Å². The first kappa shape index (κ1) is 13.0. The molecule has 1 atom stereocenters. The highest BCUT2D eigenvalue weighted by molar-refractivity contribution is 4.88. The van der Waals surface area contributed by atoms with Crippen LogP contribution in [0, 0.1) is 5.92 Å². The maximum atomic E-state index is 5.92. The standard InChI is InChI=1S/C13H28N2/c1-3-5-9-15(10-6-4-2)13(11-14)12-7-8-12/h12-13H,3-11,14H2,1-2H3. The van der Waals surface area contributed by atoms with Crippen LogP contribution in [0.5, 0.6) is 0 Å². The lowest BCUT2D eigenvalue weighted by Gasteiger charge is -2.31. The topological polar surface area (TPSA) is 29.3 Å². The van der Waals surface area contributed by atoms with Gasteiger partial charge in [-0.1, -0.05) is 26.7 Å². The SMILES string of the molecule is CCCCN(CCCC)C(CN)C1CC1. The van der Waals surface area contributed by atoms with Crippen molar-refractivity contribution in [1.29, 1.82) is 0 Å². The smallest absolute Gasteiger partial charge is 0.0246 e. The van der Waals surface area contributed by atoms with Crippen LogP contribution in [0.1, 0.15) is 52.4 Å². The molecule has 0 aromatic heterocycles. The first-order chi connectivity index (χ1) is 7.33. The molecule has 2 nitrogen and oxygen atoms in total. The minimum atomic E-state index is 0.683. The lowest BCUT2D eigenvalue weighted by molar-refractivity contribution is 0.175. The molecule has 0 aromatic rings. The van der Waals surface area contributed by atoms with Crippen molar-refractivity contribution in [2.75, 3.05) is 19.6 Å². The number of hydrogen-bond acceptors (Lipinski definition) is 2. The zero-order valence-corrected chi connectivity index (χ0v) is 10.5. The average Bonchev–Trinajstić information content (AvgIpc) is 3.06. The maximum Gasteiger partial charge on any atom is 0.0246 e. The van der Waals surface area contributed by atoms with E-state index in [1.807, 2.05) is 0 Å². The Morgan fingerprint density at radius 2 is 1.67 bits per heavy atom. The molecule has 1 unspecified atom stereocenters. The molecule has 1 fully saturated rings. The quantitative estimate of drug-likeness (QED) is 0.636. The first-order valence-electron chi connectivity index (χ1n) is 6.77. The number of nitrogens with zero attached hydrogens (tertiary/aromatic N) is 1. The van der Waals surface area contributed by atoms with Crippen LogP contribution < -0.4 is 5.73 Å². The summed E-state index contributed by atoms with van der Waals surface area (Å²) in [5, 5.41) is 0. The van der Waals surface area contributed by atoms with E-state index in [0.717, 1.165) is 12.5 Å². The van der Waals surface area contributed by atoms with Gasteiger partial charge in [0.1, 0.15) is 0 Å². The van der Waals surface area contributed by atoms with Gasteiger partial charge in [-0.3, -0.25) is 4.90 Å². The van der Waals surface area contributed by atoms with Gasteiger partial charge < -0.3 is 5.73 Å². The highest BCUT2D eigenvalue weighted by Gasteiger charge is 2.33. The Morgan fingerprint density at radius 3 is 2.00 bits per heavy atom. The van der Waals surface area contributed by atoms with Crippen molar-refractivity contribution >= 4 is 0 Å². The highest BCUT2D eigenvalue weighted by atomic mass is 15.2. The van der Waals surface area contributed by atoms with Gasteiger partial charge in [0.15, 0.2) is 0 Å². The van der Waals surface area contributed by atoms with Gasteiger partial charge >= 0.3 is 0 Å². The zero-order chi connectivity index (χ0) is 11.1. The summed E-state index contributed by atoms with van der Waals surface area (Å²) in [6.07, 6.45) is 8.07. The highest BCUT2D eigenvalue weighted by Crippen LogP contribution is 2.35. The van der Waals surface area contributed by atoms with E-state index >= 15 is 0 Å². The zero-order valence-electron chi connectivity index (χ0n) is 10.5. The molecule has 2 N–H and O–H groups in total. The summed E-state index contributed by atoms with van der Waals surface area (Å²) in [5.41, 5.74) is 5.92. The van der Waals surface area contributed by atoms with Gasteiger partial charge in [-0.25, -0.2) is 0 Å². The fourth-order valence-electron chi connectivity index (χ4n) is 2.29. The lowest BCUT2D eigenvalue weighted by Crippen LogP contribution is -2.43. The molecule has 0 radical (unpaired) electrons. The van der Waals surface area contributed by atoms with E-state index in [9.17, 15) is 0 Å². The Morgan fingerprint density at radius 1 is 1.13 bits per heavy atom. The fourth-order valence-corrected chi connectivity index (χ4v) is 2.29. The van der Waals surface area contributed by atoms with Gasteiger partial charge in [0.25, 0.3) is 0 Å². The second-order valence-corrected chi connectivity index (χ2v) is 4.88. The monoisotopic (exact) mass is 212 g/mol. The number of unbranched alkanes of at least 4 members (excludes halogenated alkanes) is 2. The molecule has 1 aliphatic carbocycles. The number of rotatable bonds is 9. The summed E-state index contributed by atoms with van der Waals surface area (Å²) in [5.74, 6) is 0.920. The van der Waals surface area contributed by atoms with E-state index in [2.05, 4.69) is 18.7 Å². The molecule has 0 bridgehead atoms. The fraction of sp³-hybridized carbons (Fsp3) is 1.00. The second kappa shape index (κ2) is 7.24. The summed E-state index contributed by atoms with van der Waals surface area (Å²) in [4.78, 5) is 2.66. The van der Waals surface area contributed by atoms with Crippen LogP contribution in [0.15, 0.2) is 0 Å². The third kappa shape index (κ3) is 4.52. The van der Waals surface area contributed by atoms with E-state index in [1.54, 1.807) is 0 Å². The van der Waals surface area contributed by atoms with Crippen LogP contribution in [0.2, 0.25) is 0 Å². The molecule has 0 amide bonds. The van der Waals surface area contributed by atoms with Crippen molar-refractivity contribution in [3.8, 4) is 0 Å². The van der Waals surface area contributed by atoms with Crippen LogP contribution in [-0.2, 0) is 0 Å². The molecule has 0 aromatic carbocycles. The molecule has 1 rings (SSSR count). The molecular formula is C13H28N2. The summed E-state index contributed by atoms with van der Waals surface area (Å²) < 4.78 is 0. The predicted molar refractivity (Wildman–Crippen MR) is 67.0 cm³/mol. The summed E-state index contributed by atoms with van der Waals surface area (Å²) in [6.45, 7) is 7.92. The largest absolute Gasteiger partial charge is 0.329 e. The Labute approximate surface area is 95.2 Å². The van der Waals surface area contributed by atoms with Gasteiger partial charge in [0.2, 0.25) is 0 Å². The maximum absolute atomic E-state index is 5.92. The molecular weight excluding hydrogens is 184 g/mol. The van der Waals surface area contributed by atoms with Crippen LogP contribution >= 0.6 is 0 Å². The number of nitrogens with two attached hydrogens (primary N) is 1. The molecule has 0 spiro atoms. The minimum absolute atomic E-state index is 0.683. The van der Waals surface area contributed by atoms with Gasteiger partial charge in [0.05, 0.1) is 0 Å². The summed E-state index contributed by atoms with van der Waals surface area (Å²) >= 11 is 0. The first-order valence-corrected chi connectivity index (χ1v) is 6.77. The van der Waals surface area contributed by atoms with Gasteiger partial charge in [-0.05, 0) is 44.7 Å². The van der Waals surface area contributed by atoms with Crippen molar-refractivity contribution in [1.82, 2.24) is 4.90 Å². The Bertz CT molecular complexity index is 147. The lowest BCUT2D eigenvalue weighted by atomic mass is 10.1. The van der Waals surface area contributed by atoms with Gasteiger partial charge in [0, 0.05) is 12.6 Å². The molecule has 1 aliphatic rings. The Kier molecular flexibility index (Phi) is 6.26. The molecule has 15 heavy (non-hydrogen) atoms. The van der Waals surface area contributed by atoms with Crippen molar-refractivity contribution in [2.24, 2.45) is 11.7 Å². The summed E-state index contributed by atoms with van der Waals surface area (Å²) in [6, 6.07) is 0.683. The Balaban J connectivity index is 2.36. The molecule has 1 saturated carbocycles. The molecule has 0 saturated heterocycles. The van der Waals surface area contributed by atoms with Gasteiger partial charge in [-0.2, -0.15) is 0 Å². The van der Waals surface area contributed by atoms with Crippen LogP contribution in [0.4, 0.5) is 0 Å². The molecule has 0 aliphatic heterocycles. The van der Waals surface area contributed by atoms with Crippen molar-refractivity contribution in [3.05, 3.63) is 0 Å². The normalized spacial score (nSPS) is 18.4. The number of hydrogen-bond donors (Lipinski definition) is 1. The van der Waals surface area contributed by atoms with Crippen LogP contribution in [0.25, 0.3) is 0 Å². The summed E-state index contributed by atoms with van der Waals surface area (Å²) in [7, 11) is 0. The second-order valence-electron chi connectivity index (χ2n) is 4.88. The molecule has 0 heterocycles. The third-order valence-corrected chi connectivity index (χ3v) is 3.47. The van der Waals surface area contributed by atoms with Gasteiger partial charge in [-0.15, -0.1) is 0 Å². The van der Waals surface area contributed by atoms with Crippen LogP contribution in [0.3, 0.4) is 0 Å². The minimum Gasteiger partial charge on any atom is -0.329 e. The average molecular weight is 212 g/mol.